The van der Waals surface area contributed by atoms with Crippen molar-refractivity contribution in [3.63, 3.8) is 0 Å². The van der Waals surface area contributed by atoms with Crippen molar-refractivity contribution in [2.24, 2.45) is 5.41 Å². The first-order valence-corrected chi connectivity index (χ1v) is 10.3. The average molecular weight is 402 g/mol. The largest absolute Gasteiger partial charge is 0.362 e. The third kappa shape index (κ3) is 3.80. The van der Waals surface area contributed by atoms with Gasteiger partial charge in [0.15, 0.2) is 5.78 Å². The SMILES string of the molecule is CC1=C(C(=O)Nc2ccc(C)cn2)[C@H](c2ccccc2)C2=C(CC(C)(C)CC2=O)N1. The van der Waals surface area contributed by atoms with E-state index >= 15 is 0 Å². The summed E-state index contributed by atoms with van der Waals surface area (Å²) in [6.07, 6.45) is 2.98. The van der Waals surface area contributed by atoms with Crippen molar-refractivity contribution in [1.82, 2.24) is 10.3 Å². The summed E-state index contributed by atoms with van der Waals surface area (Å²) in [5.41, 5.74) is 4.86. The van der Waals surface area contributed by atoms with E-state index in [0.29, 0.717) is 23.4 Å². The lowest BCUT2D eigenvalue weighted by Crippen LogP contribution is -2.39. The third-order valence-electron chi connectivity index (χ3n) is 5.77. The van der Waals surface area contributed by atoms with Gasteiger partial charge in [0.1, 0.15) is 5.82 Å². The van der Waals surface area contributed by atoms with E-state index in [1.807, 2.05) is 50.2 Å². The van der Waals surface area contributed by atoms with E-state index in [0.717, 1.165) is 28.9 Å². The van der Waals surface area contributed by atoms with E-state index in [-0.39, 0.29) is 17.1 Å². The molecule has 30 heavy (non-hydrogen) atoms. The summed E-state index contributed by atoms with van der Waals surface area (Å²) in [6.45, 7) is 8.08. The molecule has 154 valence electrons. The Morgan fingerprint density at radius 1 is 1.10 bits per heavy atom. The highest BCUT2D eigenvalue weighted by atomic mass is 16.2. The van der Waals surface area contributed by atoms with Crippen LogP contribution in [-0.2, 0) is 9.59 Å². The topological polar surface area (TPSA) is 71.1 Å². The zero-order chi connectivity index (χ0) is 21.5. The van der Waals surface area contributed by atoms with Gasteiger partial charge in [-0.05, 0) is 42.9 Å². The molecule has 1 aliphatic carbocycles. The predicted octanol–water partition coefficient (Wildman–Crippen LogP) is 4.63. The Labute approximate surface area is 177 Å². The molecule has 2 heterocycles. The number of allylic oxidation sites excluding steroid dienone is 3. The van der Waals surface area contributed by atoms with Gasteiger partial charge in [0.2, 0.25) is 0 Å². The molecule has 0 unspecified atom stereocenters. The van der Waals surface area contributed by atoms with Gasteiger partial charge in [-0.1, -0.05) is 50.2 Å². The fourth-order valence-corrected chi connectivity index (χ4v) is 4.44. The number of benzene rings is 1. The van der Waals surface area contributed by atoms with Crippen molar-refractivity contribution in [1.29, 1.82) is 0 Å². The zero-order valence-corrected chi connectivity index (χ0v) is 17.9. The number of Topliss-reactive ketones (excluding diaryl/α,β-unsaturated/α-hetero) is 1. The van der Waals surface area contributed by atoms with Crippen molar-refractivity contribution in [2.45, 2.75) is 46.5 Å². The molecule has 4 rings (SSSR count). The van der Waals surface area contributed by atoms with Crippen LogP contribution in [0.4, 0.5) is 5.82 Å². The lowest BCUT2D eigenvalue weighted by molar-refractivity contribution is -0.118. The standard InChI is InChI=1S/C25H27N3O2/c1-15-10-11-20(26-14-15)28-24(30)21-16(2)27-18-12-25(3,4)13-19(29)23(18)22(21)17-8-6-5-7-9-17/h5-11,14,22,27H,12-13H2,1-4H3,(H,26,28,30)/t22-/m0/s1. The van der Waals surface area contributed by atoms with Crippen LogP contribution in [0.2, 0.25) is 0 Å². The number of hydrogen-bond acceptors (Lipinski definition) is 4. The third-order valence-corrected chi connectivity index (χ3v) is 5.77. The van der Waals surface area contributed by atoms with Crippen molar-refractivity contribution in [3.05, 3.63) is 82.3 Å². The highest BCUT2D eigenvalue weighted by molar-refractivity contribution is 6.09. The van der Waals surface area contributed by atoms with Gasteiger partial charge in [0, 0.05) is 41.1 Å². The molecule has 0 saturated heterocycles. The van der Waals surface area contributed by atoms with Crippen LogP contribution in [0.1, 0.15) is 50.7 Å². The van der Waals surface area contributed by atoms with Gasteiger partial charge < -0.3 is 10.6 Å². The Morgan fingerprint density at radius 3 is 2.50 bits per heavy atom. The van der Waals surface area contributed by atoms with Crippen molar-refractivity contribution in [2.75, 3.05) is 5.32 Å². The number of ketones is 1. The second-order valence-corrected chi connectivity index (χ2v) is 9.02. The van der Waals surface area contributed by atoms with Crippen LogP contribution in [0.3, 0.4) is 0 Å². The summed E-state index contributed by atoms with van der Waals surface area (Å²) in [5.74, 6) is -0.0339. The van der Waals surface area contributed by atoms with Crippen molar-refractivity contribution < 1.29 is 9.59 Å². The average Bonchev–Trinajstić information content (AvgIpc) is 2.68. The van der Waals surface area contributed by atoms with Gasteiger partial charge in [-0.3, -0.25) is 9.59 Å². The maximum Gasteiger partial charge on any atom is 0.255 e. The number of dihydropyridines is 1. The molecule has 5 heteroatoms. The van der Waals surface area contributed by atoms with Gasteiger partial charge in [0.25, 0.3) is 5.91 Å². The first-order valence-electron chi connectivity index (χ1n) is 10.3. The quantitative estimate of drug-likeness (QED) is 0.786. The Kier molecular flexibility index (Phi) is 5.06. The number of pyridine rings is 1. The molecule has 0 bridgehead atoms. The summed E-state index contributed by atoms with van der Waals surface area (Å²) in [4.78, 5) is 30.9. The molecule has 1 aromatic carbocycles. The number of nitrogens with zero attached hydrogens (tertiary/aromatic N) is 1. The molecule has 0 saturated carbocycles. The van der Waals surface area contributed by atoms with Gasteiger partial charge in [-0.2, -0.15) is 0 Å². The van der Waals surface area contributed by atoms with Crippen LogP contribution in [0.5, 0.6) is 0 Å². The molecular weight excluding hydrogens is 374 g/mol. The number of amides is 1. The van der Waals surface area contributed by atoms with Crippen LogP contribution >= 0.6 is 0 Å². The first-order chi connectivity index (χ1) is 14.2. The second-order valence-electron chi connectivity index (χ2n) is 9.02. The molecule has 1 aromatic heterocycles. The van der Waals surface area contributed by atoms with E-state index in [1.54, 1.807) is 12.3 Å². The number of anilines is 1. The van der Waals surface area contributed by atoms with E-state index in [1.165, 1.54) is 0 Å². The molecule has 5 nitrogen and oxygen atoms in total. The van der Waals surface area contributed by atoms with Crippen LogP contribution in [0.15, 0.2) is 71.2 Å². The number of rotatable bonds is 3. The maximum absolute atomic E-state index is 13.4. The summed E-state index contributed by atoms with van der Waals surface area (Å²) >= 11 is 0. The predicted molar refractivity (Wildman–Crippen MR) is 118 cm³/mol. The smallest absolute Gasteiger partial charge is 0.255 e. The van der Waals surface area contributed by atoms with Gasteiger partial charge in [-0.15, -0.1) is 0 Å². The fraction of sp³-hybridized carbons (Fsp3) is 0.320. The molecule has 1 amide bonds. The second kappa shape index (κ2) is 7.56. The van der Waals surface area contributed by atoms with Crippen LogP contribution in [0, 0.1) is 12.3 Å². The van der Waals surface area contributed by atoms with Crippen molar-refractivity contribution in [3.8, 4) is 0 Å². The summed E-state index contributed by atoms with van der Waals surface area (Å²) in [5, 5.41) is 6.30. The summed E-state index contributed by atoms with van der Waals surface area (Å²) in [7, 11) is 0. The van der Waals surface area contributed by atoms with Gasteiger partial charge in [0.05, 0.1) is 0 Å². The monoisotopic (exact) mass is 401 g/mol. The molecule has 2 N–H and O–H groups in total. The number of aromatic nitrogens is 1. The number of hydrogen-bond donors (Lipinski definition) is 2. The lowest BCUT2D eigenvalue weighted by atomic mass is 9.68. The molecule has 2 aromatic rings. The number of carbonyl (C=O) groups is 2. The minimum Gasteiger partial charge on any atom is -0.362 e. The van der Waals surface area contributed by atoms with Gasteiger partial charge in [-0.25, -0.2) is 4.98 Å². The van der Waals surface area contributed by atoms with Gasteiger partial charge >= 0.3 is 0 Å². The fourth-order valence-electron chi connectivity index (χ4n) is 4.44. The molecular formula is C25H27N3O2. The molecule has 0 fully saturated rings. The minimum atomic E-state index is -0.392. The molecule has 2 aliphatic rings. The van der Waals surface area contributed by atoms with Crippen molar-refractivity contribution >= 4 is 17.5 Å². The molecule has 0 spiro atoms. The Bertz CT molecular complexity index is 1060. The van der Waals surface area contributed by atoms with Crippen LogP contribution < -0.4 is 10.6 Å². The molecule has 0 radical (unpaired) electrons. The Balaban J connectivity index is 1.78. The van der Waals surface area contributed by atoms with E-state index in [2.05, 4.69) is 29.5 Å². The minimum absolute atomic E-state index is 0.101. The number of aryl methyl sites for hydroxylation is 1. The summed E-state index contributed by atoms with van der Waals surface area (Å²) in [6, 6.07) is 13.5. The zero-order valence-electron chi connectivity index (χ0n) is 17.9. The number of carbonyl (C=O) groups excluding carboxylic acids is 2. The highest BCUT2D eigenvalue weighted by Crippen LogP contribution is 2.46. The van der Waals surface area contributed by atoms with Crippen LogP contribution in [-0.4, -0.2) is 16.7 Å². The Hall–Kier alpha value is -3.21. The van der Waals surface area contributed by atoms with E-state index in [4.69, 9.17) is 0 Å². The summed E-state index contributed by atoms with van der Waals surface area (Å²) < 4.78 is 0. The lowest BCUT2D eigenvalue weighted by Gasteiger charge is -2.39. The highest BCUT2D eigenvalue weighted by Gasteiger charge is 2.42. The van der Waals surface area contributed by atoms with E-state index < -0.39 is 5.92 Å². The molecule has 1 atom stereocenters. The Morgan fingerprint density at radius 2 is 1.83 bits per heavy atom. The maximum atomic E-state index is 13.4. The molecule has 1 aliphatic heterocycles. The van der Waals surface area contributed by atoms with Crippen LogP contribution in [0.25, 0.3) is 0 Å². The van der Waals surface area contributed by atoms with E-state index in [9.17, 15) is 9.59 Å². The normalized spacial score (nSPS) is 20.5. The first kappa shape index (κ1) is 20.1. The number of nitrogens with one attached hydrogen (secondary N) is 2.